The molecular weight excluding hydrogens is 299 g/mol. The molecule has 1 heterocycles. The predicted octanol–water partition coefficient (Wildman–Crippen LogP) is 5.22. The van der Waals surface area contributed by atoms with Crippen LogP contribution in [0.1, 0.15) is 5.01 Å². The molecule has 0 atom stereocenters. The Labute approximate surface area is 125 Å². The van der Waals surface area contributed by atoms with Crippen LogP contribution >= 0.6 is 34.5 Å². The number of anilines is 1. The molecule has 3 rings (SSSR count). The monoisotopic (exact) mass is 308 g/mol. The summed E-state index contributed by atoms with van der Waals surface area (Å²) in [6.07, 6.45) is 0. The molecule has 96 valence electrons. The fourth-order valence-electron chi connectivity index (χ4n) is 1.80. The van der Waals surface area contributed by atoms with Crippen molar-refractivity contribution in [1.29, 1.82) is 0 Å². The number of fused-ring (bicyclic) bond motifs is 1. The van der Waals surface area contributed by atoms with E-state index < -0.39 is 0 Å². The minimum absolute atomic E-state index is 0.619. The Morgan fingerprint density at radius 2 is 1.95 bits per heavy atom. The summed E-state index contributed by atoms with van der Waals surface area (Å²) >= 11 is 13.7. The molecule has 1 aromatic heterocycles. The molecule has 0 amide bonds. The summed E-state index contributed by atoms with van der Waals surface area (Å²) in [5.74, 6) is 0. The lowest BCUT2D eigenvalue weighted by molar-refractivity contribution is 1.12. The van der Waals surface area contributed by atoms with Crippen LogP contribution in [0, 0.1) is 0 Å². The number of para-hydroxylation sites is 1. The molecule has 2 aromatic carbocycles. The third-order valence-electron chi connectivity index (χ3n) is 2.70. The van der Waals surface area contributed by atoms with Crippen LogP contribution in [0.3, 0.4) is 0 Å². The first-order valence-electron chi connectivity index (χ1n) is 5.76. The Hall–Kier alpha value is -1.29. The van der Waals surface area contributed by atoms with Gasteiger partial charge in [0.1, 0.15) is 5.01 Å². The maximum atomic E-state index is 6.11. The zero-order valence-electron chi connectivity index (χ0n) is 9.86. The first-order chi connectivity index (χ1) is 9.22. The van der Waals surface area contributed by atoms with E-state index in [0.717, 1.165) is 16.2 Å². The van der Waals surface area contributed by atoms with Crippen molar-refractivity contribution in [3.8, 4) is 0 Å². The summed E-state index contributed by atoms with van der Waals surface area (Å²) in [5, 5.41) is 5.56. The van der Waals surface area contributed by atoms with Crippen LogP contribution in [0.5, 0.6) is 0 Å². The van der Waals surface area contributed by atoms with Crippen LogP contribution in [-0.2, 0) is 6.54 Å². The van der Waals surface area contributed by atoms with Crippen molar-refractivity contribution in [2.75, 3.05) is 5.32 Å². The Bertz CT molecular complexity index is 691. The average molecular weight is 309 g/mol. The van der Waals surface area contributed by atoms with Gasteiger partial charge >= 0.3 is 0 Å². The highest BCUT2D eigenvalue weighted by Gasteiger charge is 2.05. The summed E-state index contributed by atoms with van der Waals surface area (Å²) in [5.41, 5.74) is 1.90. The molecule has 0 radical (unpaired) electrons. The molecule has 19 heavy (non-hydrogen) atoms. The van der Waals surface area contributed by atoms with E-state index in [4.69, 9.17) is 23.2 Å². The quantitative estimate of drug-likeness (QED) is 0.718. The second-order valence-corrected chi connectivity index (χ2v) is 6.01. The molecule has 0 aliphatic heterocycles. The van der Waals surface area contributed by atoms with Gasteiger partial charge in [-0.1, -0.05) is 35.3 Å². The summed E-state index contributed by atoms with van der Waals surface area (Å²) in [6.45, 7) is 0.653. The number of aromatic nitrogens is 1. The third kappa shape index (κ3) is 2.84. The van der Waals surface area contributed by atoms with Crippen molar-refractivity contribution in [3.05, 3.63) is 57.5 Å². The van der Waals surface area contributed by atoms with Gasteiger partial charge in [0.15, 0.2) is 0 Å². The van der Waals surface area contributed by atoms with Gasteiger partial charge in [0.05, 0.1) is 27.5 Å². The van der Waals surface area contributed by atoms with Crippen LogP contribution in [0.15, 0.2) is 42.5 Å². The molecule has 3 aromatic rings. The predicted molar refractivity (Wildman–Crippen MR) is 83.4 cm³/mol. The number of halogens is 2. The highest BCUT2D eigenvalue weighted by Crippen LogP contribution is 2.27. The van der Waals surface area contributed by atoms with Gasteiger partial charge < -0.3 is 5.32 Å². The minimum Gasteiger partial charge on any atom is -0.377 e. The lowest BCUT2D eigenvalue weighted by Gasteiger charge is -2.06. The maximum absolute atomic E-state index is 6.11. The van der Waals surface area contributed by atoms with Gasteiger partial charge in [0.25, 0.3) is 0 Å². The summed E-state index contributed by atoms with van der Waals surface area (Å²) in [6, 6.07) is 13.5. The Morgan fingerprint density at radius 1 is 1.11 bits per heavy atom. The van der Waals surface area contributed by atoms with Crippen molar-refractivity contribution < 1.29 is 0 Å². The molecule has 0 saturated heterocycles. The van der Waals surface area contributed by atoms with Crippen LogP contribution in [0.4, 0.5) is 5.69 Å². The normalized spacial score (nSPS) is 10.8. The Kier molecular flexibility index (Phi) is 3.60. The van der Waals surface area contributed by atoms with Gasteiger partial charge in [0.2, 0.25) is 0 Å². The lowest BCUT2D eigenvalue weighted by Crippen LogP contribution is -1.99. The van der Waals surface area contributed by atoms with E-state index in [-0.39, 0.29) is 0 Å². The van der Waals surface area contributed by atoms with Crippen LogP contribution in [0.2, 0.25) is 10.0 Å². The average Bonchev–Trinajstić information content (AvgIpc) is 2.80. The number of hydrogen-bond donors (Lipinski definition) is 1. The van der Waals surface area contributed by atoms with E-state index in [1.807, 2.05) is 30.3 Å². The lowest BCUT2D eigenvalue weighted by atomic mass is 10.3. The molecule has 0 bridgehead atoms. The maximum Gasteiger partial charge on any atom is 0.113 e. The number of rotatable bonds is 3. The number of benzene rings is 2. The molecule has 5 heteroatoms. The molecule has 2 nitrogen and oxygen atoms in total. The van der Waals surface area contributed by atoms with Crippen molar-refractivity contribution in [2.45, 2.75) is 6.54 Å². The minimum atomic E-state index is 0.619. The second-order valence-electron chi connectivity index (χ2n) is 4.05. The number of hydrogen-bond acceptors (Lipinski definition) is 3. The highest BCUT2D eigenvalue weighted by atomic mass is 35.5. The zero-order chi connectivity index (χ0) is 13.2. The smallest absolute Gasteiger partial charge is 0.113 e. The van der Waals surface area contributed by atoms with Gasteiger partial charge in [-0.3, -0.25) is 0 Å². The SMILES string of the molecule is Clc1ccc(NCc2nc3ccccc3s2)c(Cl)c1. The van der Waals surface area contributed by atoms with E-state index >= 15 is 0 Å². The molecule has 0 fully saturated rings. The number of nitrogens with one attached hydrogen (secondary N) is 1. The van der Waals surface area contributed by atoms with Crippen molar-refractivity contribution >= 4 is 50.4 Å². The van der Waals surface area contributed by atoms with E-state index in [0.29, 0.717) is 16.6 Å². The van der Waals surface area contributed by atoms with E-state index in [9.17, 15) is 0 Å². The van der Waals surface area contributed by atoms with Gasteiger partial charge in [0, 0.05) is 5.02 Å². The van der Waals surface area contributed by atoms with Crippen molar-refractivity contribution in [2.24, 2.45) is 0 Å². The van der Waals surface area contributed by atoms with Crippen molar-refractivity contribution in [3.63, 3.8) is 0 Å². The zero-order valence-corrected chi connectivity index (χ0v) is 12.2. The summed E-state index contributed by atoms with van der Waals surface area (Å²) < 4.78 is 1.20. The molecule has 0 unspecified atom stereocenters. The van der Waals surface area contributed by atoms with Crippen LogP contribution < -0.4 is 5.32 Å². The van der Waals surface area contributed by atoms with Gasteiger partial charge in [-0.15, -0.1) is 11.3 Å². The van der Waals surface area contributed by atoms with Crippen LogP contribution in [-0.4, -0.2) is 4.98 Å². The largest absolute Gasteiger partial charge is 0.377 e. The molecular formula is C14H10Cl2N2S. The highest BCUT2D eigenvalue weighted by molar-refractivity contribution is 7.18. The Balaban J connectivity index is 1.78. The second kappa shape index (κ2) is 5.37. The summed E-state index contributed by atoms with van der Waals surface area (Å²) in [7, 11) is 0. The molecule has 0 saturated carbocycles. The molecule has 1 N–H and O–H groups in total. The molecule has 0 aliphatic carbocycles. The third-order valence-corrected chi connectivity index (χ3v) is 4.28. The topological polar surface area (TPSA) is 24.9 Å². The summed E-state index contributed by atoms with van der Waals surface area (Å²) in [4.78, 5) is 4.56. The van der Waals surface area contributed by atoms with Crippen LogP contribution in [0.25, 0.3) is 10.2 Å². The van der Waals surface area contributed by atoms with Gasteiger partial charge in [-0.05, 0) is 30.3 Å². The number of thiazole rings is 1. The standard InChI is InChI=1S/C14H10Cl2N2S/c15-9-5-6-11(10(16)7-9)17-8-14-18-12-3-1-2-4-13(12)19-14/h1-7,17H,8H2. The number of nitrogens with zero attached hydrogens (tertiary/aromatic N) is 1. The first-order valence-corrected chi connectivity index (χ1v) is 7.33. The van der Waals surface area contributed by atoms with E-state index in [1.165, 1.54) is 4.70 Å². The molecule has 0 aliphatic rings. The first kappa shape index (κ1) is 12.7. The van der Waals surface area contributed by atoms with E-state index in [1.54, 1.807) is 17.4 Å². The van der Waals surface area contributed by atoms with E-state index in [2.05, 4.69) is 16.4 Å². The van der Waals surface area contributed by atoms with Gasteiger partial charge in [-0.25, -0.2) is 4.98 Å². The fourth-order valence-corrected chi connectivity index (χ4v) is 3.18. The Morgan fingerprint density at radius 3 is 2.74 bits per heavy atom. The fraction of sp³-hybridized carbons (Fsp3) is 0.0714. The molecule has 0 spiro atoms. The van der Waals surface area contributed by atoms with Crippen molar-refractivity contribution in [1.82, 2.24) is 4.98 Å². The van der Waals surface area contributed by atoms with Gasteiger partial charge in [-0.2, -0.15) is 0 Å².